The lowest BCUT2D eigenvalue weighted by atomic mass is 9.68. The number of carbonyl (C=O) groups is 1. The van der Waals surface area contributed by atoms with Gasteiger partial charge in [-0.15, -0.1) is 0 Å². The van der Waals surface area contributed by atoms with Crippen LogP contribution in [0.25, 0.3) is 0 Å². The molecule has 0 radical (unpaired) electrons. The summed E-state index contributed by atoms with van der Waals surface area (Å²) in [5.41, 5.74) is 2.43. The van der Waals surface area contributed by atoms with Crippen LogP contribution in [0.15, 0.2) is 36.4 Å². The number of halogens is 1. The molecule has 0 unspecified atom stereocenters. The molecule has 3 rings (SSSR count). The summed E-state index contributed by atoms with van der Waals surface area (Å²) in [6, 6.07) is 10.6. The van der Waals surface area contributed by atoms with Crippen LogP contribution in [-0.4, -0.2) is 12.5 Å². The predicted octanol–water partition coefficient (Wildman–Crippen LogP) is 6.32. The minimum Gasteiger partial charge on any atom is -0.493 e. The first-order valence-electron chi connectivity index (χ1n) is 10.6. The Morgan fingerprint density at radius 2 is 1.72 bits per heavy atom. The van der Waals surface area contributed by atoms with E-state index in [1.165, 1.54) is 6.07 Å². The van der Waals surface area contributed by atoms with Gasteiger partial charge in [-0.3, -0.25) is 4.79 Å². The van der Waals surface area contributed by atoms with Crippen LogP contribution >= 0.6 is 0 Å². The molecule has 2 aromatic rings. The van der Waals surface area contributed by atoms with Crippen LogP contribution in [0.2, 0.25) is 0 Å². The number of nitrogens with one attached hydrogen (secondary N) is 1. The van der Waals surface area contributed by atoms with Gasteiger partial charge in [-0.25, -0.2) is 4.39 Å². The van der Waals surface area contributed by atoms with Crippen molar-refractivity contribution in [3.05, 3.63) is 58.9 Å². The number of hydrogen-bond donors (Lipinski definition) is 1. The minimum absolute atomic E-state index is 0.114. The van der Waals surface area contributed by atoms with E-state index in [4.69, 9.17) is 4.74 Å². The molecular formula is C25H32FNO2. The number of benzene rings is 2. The molecule has 0 aliphatic heterocycles. The number of anilines is 1. The van der Waals surface area contributed by atoms with Crippen molar-refractivity contribution >= 4 is 11.6 Å². The lowest BCUT2D eigenvalue weighted by Gasteiger charge is -2.36. The molecule has 3 nitrogen and oxygen atoms in total. The van der Waals surface area contributed by atoms with Crippen molar-refractivity contribution < 1.29 is 13.9 Å². The fraction of sp³-hybridized carbons (Fsp3) is 0.480. The Morgan fingerprint density at radius 1 is 1.10 bits per heavy atom. The summed E-state index contributed by atoms with van der Waals surface area (Å²) in [5, 5.41) is 3.09. The topological polar surface area (TPSA) is 38.3 Å². The lowest BCUT2D eigenvalue weighted by molar-refractivity contribution is -0.122. The summed E-state index contributed by atoms with van der Waals surface area (Å²) in [4.78, 5) is 13.5. The summed E-state index contributed by atoms with van der Waals surface area (Å²) >= 11 is 0. The van der Waals surface area contributed by atoms with E-state index in [1.807, 2.05) is 32.0 Å². The number of rotatable bonds is 6. The summed E-state index contributed by atoms with van der Waals surface area (Å²) in [6.45, 7) is 8.87. The number of ether oxygens (including phenoxy) is 1. The van der Waals surface area contributed by atoms with Crippen molar-refractivity contribution in [2.75, 3.05) is 11.9 Å². The van der Waals surface area contributed by atoms with Crippen LogP contribution in [0.3, 0.4) is 0 Å². The average molecular weight is 398 g/mol. The van der Waals surface area contributed by atoms with E-state index in [2.05, 4.69) is 19.2 Å². The van der Waals surface area contributed by atoms with Gasteiger partial charge in [0, 0.05) is 11.3 Å². The Hall–Kier alpha value is -2.36. The Bertz CT molecular complexity index is 846. The van der Waals surface area contributed by atoms with Crippen molar-refractivity contribution in [3.63, 3.8) is 0 Å². The van der Waals surface area contributed by atoms with Crippen LogP contribution in [-0.2, 0) is 10.2 Å². The minimum atomic E-state index is -0.807. The highest BCUT2D eigenvalue weighted by molar-refractivity contribution is 5.99. The van der Waals surface area contributed by atoms with Gasteiger partial charge in [0.2, 0.25) is 5.91 Å². The standard InChI is InChI=1S/C25H32FNO2/c1-17(2)16-29-23-18(3)14-20(15-19(23)4)27-24(28)25(12-8-5-9-13-25)21-10-6-7-11-22(21)26/h6-7,10-11,14-15,17H,5,8-9,12-13,16H2,1-4H3,(H,27,28). The SMILES string of the molecule is Cc1cc(NC(=O)C2(c3ccccc3F)CCCCC2)cc(C)c1OCC(C)C. The molecular weight excluding hydrogens is 365 g/mol. The monoisotopic (exact) mass is 397 g/mol. The van der Waals surface area contributed by atoms with Gasteiger partial charge in [-0.2, -0.15) is 0 Å². The summed E-state index contributed by atoms with van der Waals surface area (Å²) in [5.74, 6) is 0.907. The van der Waals surface area contributed by atoms with E-state index in [-0.39, 0.29) is 11.7 Å². The fourth-order valence-electron chi connectivity index (χ4n) is 4.37. The van der Waals surface area contributed by atoms with E-state index in [1.54, 1.807) is 12.1 Å². The van der Waals surface area contributed by atoms with Gasteiger partial charge in [0.25, 0.3) is 0 Å². The summed E-state index contributed by atoms with van der Waals surface area (Å²) in [7, 11) is 0. The van der Waals surface area contributed by atoms with Crippen molar-refractivity contribution in [1.29, 1.82) is 0 Å². The highest BCUT2D eigenvalue weighted by Crippen LogP contribution is 2.42. The lowest BCUT2D eigenvalue weighted by Crippen LogP contribution is -2.42. The molecule has 0 spiro atoms. The second kappa shape index (κ2) is 8.98. The van der Waals surface area contributed by atoms with Gasteiger partial charge >= 0.3 is 0 Å². The number of amides is 1. The maximum Gasteiger partial charge on any atom is 0.235 e. The molecule has 0 heterocycles. The molecule has 156 valence electrons. The van der Waals surface area contributed by atoms with Crippen molar-refractivity contribution in [1.82, 2.24) is 0 Å². The Kier molecular flexibility index (Phi) is 6.61. The first-order chi connectivity index (χ1) is 13.8. The van der Waals surface area contributed by atoms with E-state index in [0.717, 1.165) is 41.8 Å². The third-order valence-corrected chi connectivity index (χ3v) is 5.81. The van der Waals surface area contributed by atoms with Crippen LogP contribution in [0.4, 0.5) is 10.1 Å². The van der Waals surface area contributed by atoms with Crippen LogP contribution in [0, 0.1) is 25.6 Å². The van der Waals surface area contributed by atoms with Gasteiger partial charge in [0.1, 0.15) is 11.6 Å². The molecule has 4 heteroatoms. The second-order valence-corrected chi connectivity index (χ2v) is 8.72. The normalized spacial score (nSPS) is 15.9. The highest BCUT2D eigenvalue weighted by atomic mass is 19.1. The molecule has 1 aliphatic rings. The maximum absolute atomic E-state index is 14.7. The largest absolute Gasteiger partial charge is 0.493 e. The molecule has 2 aromatic carbocycles. The first kappa shape index (κ1) is 21.4. The smallest absolute Gasteiger partial charge is 0.235 e. The Balaban J connectivity index is 1.88. The maximum atomic E-state index is 14.7. The van der Waals surface area contributed by atoms with Gasteiger partial charge in [-0.1, -0.05) is 51.3 Å². The van der Waals surface area contributed by atoms with Crippen LogP contribution in [0.1, 0.15) is 62.6 Å². The number of carbonyl (C=O) groups excluding carboxylic acids is 1. The average Bonchev–Trinajstić information content (AvgIpc) is 2.68. The van der Waals surface area contributed by atoms with Gasteiger partial charge in [0.15, 0.2) is 0 Å². The third kappa shape index (κ3) is 4.63. The summed E-state index contributed by atoms with van der Waals surface area (Å²) < 4.78 is 20.6. The Morgan fingerprint density at radius 3 is 2.31 bits per heavy atom. The van der Waals surface area contributed by atoms with E-state index >= 15 is 0 Å². The summed E-state index contributed by atoms with van der Waals surface area (Å²) in [6.07, 6.45) is 4.30. The Labute approximate surface area is 173 Å². The molecule has 1 N–H and O–H groups in total. The molecule has 1 fully saturated rings. The zero-order valence-corrected chi connectivity index (χ0v) is 18.0. The van der Waals surface area contributed by atoms with Crippen molar-refractivity contribution in [2.24, 2.45) is 5.92 Å². The molecule has 0 bridgehead atoms. The van der Waals surface area contributed by atoms with Gasteiger partial charge < -0.3 is 10.1 Å². The van der Waals surface area contributed by atoms with E-state index < -0.39 is 5.41 Å². The zero-order valence-electron chi connectivity index (χ0n) is 18.0. The second-order valence-electron chi connectivity index (χ2n) is 8.72. The van der Waals surface area contributed by atoms with Gasteiger partial charge in [-0.05, 0) is 61.9 Å². The van der Waals surface area contributed by atoms with Crippen LogP contribution in [0.5, 0.6) is 5.75 Å². The van der Waals surface area contributed by atoms with E-state index in [9.17, 15) is 9.18 Å². The number of aryl methyl sites for hydroxylation is 2. The van der Waals surface area contributed by atoms with Gasteiger partial charge in [0.05, 0.1) is 12.0 Å². The van der Waals surface area contributed by atoms with E-state index in [0.29, 0.717) is 30.9 Å². The number of hydrogen-bond acceptors (Lipinski definition) is 2. The quantitative estimate of drug-likeness (QED) is 0.619. The molecule has 1 amide bonds. The van der Waals surface area contributed by atoms with Crippen molar-refractivity contribution in [2.45, 2.75) is 65.2 Å². The molecule has 29 heavy (non-hydrogen) atoms. The third-order valence-electron chi connectivity index (χ3n) is 5.81. The molecule has 0 saturated heterocycles. The first-order valence-corrected chi connectivity index (χ1v) is 10.6. The molecule has 0 atom stereocenters. The molecule has 0 aromatic heterocycles. The predicted molar refractivity (Wildman–Crippen MR) is 116 cm³/mol. The zero-order chi connectivity index (χ0) is 21.0. The van der Waals surface area contributed by atoms with Crippen molar-refractivity contribution in [3.8, 4) is 5.75 Å². The van der Waals surface area contributed by atoms with Crippen LogP contribution < -0.4 is 10.1 Å². The molecule has 1 aliphatic carbocycles. The highest BCUT2D eigenvalue weighted by Gasteiger charge is 2.42. The fourth-order valence-corrected chi connectivity index (χ4v) is 4.37. The molecule has 1 saturated carbocycles.